The zero-order valence-electron chi connectivity index (χ0n) is 11.9. The predicted molar refractivity (Wildman–Crippen MR) is 81.6 cm³/mol. The van der Waals surface area contributed by atoms with Gasteiger partial charge in [-0.1, -0.05) is 6.92 Å². The number of aryl methyl sites for hydroxylation is 1. The zero-order chi connectivity index (χ0) is 13.9. The minimum Gasteiger partial charge on any atom is -0.351 e. The molecule has 20 heavy (non-hydrogen) atoms. The number of aromatic amines is 1. The Balaban J connectivity index is 0.00000200. The summed E-state index contributed by atoms with van der Waals surface area (Å²) >= 11 is 0. The summed E-state index contributed by atoms with van der Waals surface area (Å²) in [6.45, 7) is 6.54. The van der Waals surface area contributed by atoms with Crippen LogP contribution >= 0.6 is 12.4 Å². The Kier molecular flexibility index (Phi) is 5.77. The number of halogens is 1. The highest BCUT2D eigenvalue weighted by molar-refractivity contribution is 5.93. The molecular weight excluding hydrogens is 278 g/mol. The smallest absolute Gasteiger partial charge is 0.260 e. The van der Waals surface area contributed by atoms with Crippen LogP contribution in [0.4, 0.5) is 0 Å². The van der Waals surface area contributed by atoms with Crippen LogP contribution in [0.3, 0.4) is 0 Å². The van der Waals surface area contributed by atoms with Gasteiger partial charge in [0.05, 0.1) is 0 Å². The van der Waals surface area contributed by atoms with E-state index in [9.17, 15) is 9.59 Å². The first-order chi connectivity index (χ1) is 9.00. The van der Waals surface area contributed by atoms with Crippen LogP contribution in [0.2, 0.25) is 0 Å². The van der Waals surface area contributed by atoms with E-state index >= 15 is 0 Å². The molecule has 2 rings (SSSR count). The van der Waals surface area contributed by atoms with Crippen molar-refractivity contribution in [1.82, 2.24) is 15.6 Å². The van der Waals surface area contributed by atoms with E-state index in [1.165, 1.54) is 0 Å². The van der Waals surface area contributed by atoms with Crippen molar-refractivity contribution in [2.24, 2.45) is 5.41 Å². The second-order valence-corrected chi connectivity index (χ2v) is 5.63. The summed E-state index contributed by atoms with van der Waals surface area (Å²) in [5, 5.41) is 6.19. The summed E-state index contributed by atoms with van der Waals surface area (Å²) in [7, 11) is 0. The average molecular weight is 300 g/mol. The molecule has 0 aromatic carbocycles. The summed E-state index contributed by atoms with van der Waals surface area (Å²) < 4.78 is 0. The fourth-order valence-corrected chi connectivity index (χ4v) is 2.35. The van der Waals surface area contributed by atoms with E-state index in [0.29, 0.717) is 6.54 Å². The first kappa shape index (κ1) is 16.7. The molecule has 1 aliphatic heterocycles. The van der Waals surface area contributed by atoms with Gasteiger partial charge >= 0.3 is 0 Å². The lowest BCUT2D eigenvalue weighted by Gasteiger charge is -2.34. The molecule has 5 nitrogen and oxygen atoms in total. The standard InChI is InChI=1S/C14H21N3O2.ClH/c1-10-3-4-11(13(19)17-10)12(18)16-9-14(2)5-7-15-8-6-14;/h3-4,15H,5-9H2,1-2H3,(H,16,18)(H,17,19);1H. The molecule has 0 saturated carbocycles. The third-order valence-electron chi connectivity index (χ3n) is 3.79. The molecule has 1 aromatic heterocycles. The van der Waals surface area contributed by atoms with Gasteiger partial charge < -0.3 is 15.6 Å². The summed E-state index contributed by atoms with van der Waals surface area (Å²) in [4.78, 5) is 26.3. The topological polar surface area (TPSA) is 74.0 Å². The van der Waals surface area contributed by atoms with Crippen LogP contribution in [-0.2, 0) is 0 Å². The van der Waals surface area contributed by atoms with Crippen molar-refractivity contribution in [3.8, 4) is 0 Å². The fraction of sp³-hybridized carbons (Fsp3) is 0.571. The largest absolute Gasteiger partial charge is 0.351 e. The molecular formula is C14H22ClN3O2. The number of carbonyl (C=O) groups excluding carboxylic acids is 1. The Hall–Kier alpha value is -1.33. The predicted octanol–water partition coefficient (Wildman–Crippen LogP) is 1.22. The molecule has 2 heterocycles. The van der Waals surface area contributed by atoms with Gasteiger partial charge in [0, 0.05) is 12.2 Å². The number of nitrogens with one attached hydrogen (secondary N) is 3. The molecule has 1 fully saturated rings. The molecule has 0 aliphatic carbocycles. The van der Waals surface area contributed by atoms with E-state index in [2.05, 4.69) is 22.5 Å². The van der Waals surface area contributed by atoms with Crippen molar-refractivity contribution >= 4 is 18.3 Å². The van der Waals surface area contributed by atoms with Crippen LogP contribution in [0.5, 0.6) is 0 Å². The number of hydrogen-bond acceptors (Lipinski definition) is 3. The van der Waals surface area contributed by atoms with E-state index in [4.69, 9.17) is 0 Å². The molecule has 112 valence electrons. The monoisotopic (exact) mass is 299 g/mol. The lowest BCUT2D eigenvalue weighted by atomic mass is 9.81. The molecule has 3 N–H and O–H groups in total. The van der Waals surface area contributed by atoms with E-state index in [1.807, 2.05) is 0 Å². The highest BCUT2D eigenvalue weighted by atomic mass is 35.5. The van der Waals surface area contributed by atoms with Crippen LogP contribution in [0.25, 0.3) is 0 Å². The van der Waals surface area contributed by atoms with Gasteiger partial charge in [0.1, 0.15) is 5.56 Å². The number of aromatic nitrogens is 1. The molecule has 0 bridgehead atoms. The molecule has 0 spiro atoms. The highest BCUT2D eigenvalue weighted by Crippen LogP contribution is 2.26. The molecule has 6 heteroatoms. The number of H-pyrrole nitrogens is 1. The maximum atomic E-state index is 12.0. The maximum absolute atomic E-state index is 12.0. The van der Waals surface area contributed by atoms with Crippen molar-refractivity contribution in [2.45, 2.75) is 26.7 Å². The van der Waals surface area contributed by atoms with Crippen LogP contribution in [0.15, 0.2) is 16.9 Å². The average Bonchev–Trinajstić information content (AvgIpc) is 2.37. The van der Waals surface area contributed by atoms with Crippen molar-refractivity contribution in [2.75, 3.05) is 19.6 Å². The Bertz CT molecular complexity index is 521. The zero-order valence-corrected chi connectivity index (χ0v) is 12.7. The fourth-order valence-electron chi connectivity index (χ4n) is 2.35. The van der Waals surface area contributed by atoms with Crippen molar-refractivity contribution in [3.05, 3.63) is 33.7 Å². The maximum Gasteiger partial charge on any atom is 0.260 e. The van der Waals surface area contributed by atoms with E-state index in [1.54, 1.807) is 19.1 Å². The van der Waals surface area contributed by atoms with Crippen LogP contribution < -0.4 is 16.2 Å². The molecule has 1 aromatic rings. The minimum absolute atomic E-state index is 0. The molecule has 0 radical (unpaired) electrons. The number of carbonyl (C=O) groups is 1. The molecule has 1 amide bonds. The number of amides is 1. The van der Waals surface area contributed by atoms with Crippen molar-refractivity contribution in [3.63, 3.8) is 0 Å². The van der Waals surface area contributed by atoms with Crippen molar-refractivity contribution in [1.29, 1.82) is 0 Å². The van der Waals surface area contributed by atoms with Gasteiger partial charge in [-0.3, -0.25) is 9.59 Å². The molecule has 0 unspecified atom stereocenters. The van der Waals surface area contributed by atoms with Crippen molar-refractivity contribution < 1.29 is 4.79 Å². The van der Waals surface area contributed by atoms with E-state index < -0.39 is 0 Å². The number of rotatable bonds is 3. The van der Waals surface area contributed by atoms with Gasteiger partial charge in [-0.15, -0.1) is 12.4 Å². The minimum atomic E-state index is -0.326. The van der Waals surface area contributed by atoms with Crippen LogP contribution in [0.1, 0.15) is 35.8 Å². The third-order valence-corrected chi connectivity index (χ3v) is 3.79. The van der Waals surface area contributed by atoms with Gasteiger partial charge in [-0.2, -0.15) is 0 Å². The van der Waals surface area contributed by atoms with Gasteiger partial charge in [0.2, 0.25) is 0 Å². The summed E-state index contributed by atoms with van der Waals surface area (Å²) in [6, 6.07) is 3.32. The third kappa shape index (κ3) is 4.08. The summed E-state index contributed by atoms with van der Waals surface area (Å²) in [5.41, 5.74) is 0.737. The van der Waals surface area contributed by atoms with E-state index in [-0.39, 0.29) is 34.9 Å². The SMILES string of the molecule is Cc1ccc(C(=O)NCC2(C)CCNCC2)c(=O)[nH]1.Cl. The lowest BCUT2D eigenvalue weighted by Crippen LogP contribution is -2.43. The Morgan fingerprint density at radius 1 is 1.35 bits per heavy atom. The number of piperidine rings is 1. The first-order valence-electron chi connectivity index (χ1n) is 6.69. The second kappa shape index (κ2) is 6.90. The van der Waals surface area contributed by atoms with Gasteiger partial charge in [0.25, 0.3) is 11.5 Å². The van der Waals surface area contributed by atoms with Gasteiger partial charge in [0.15, 0.2) is 0 Å². The lowest BCUT2D eigenvalue weighted by molar-refractivity contribution is 0.0920. The highest BCUT2D eigenvalue weighted by Gasteiger charge is 2.27. The Morgan fingerprint density at radius 3 is 2.60 bits per heavy atom. The Labute approximate surface area is 125 Å². The quantitative estimate of drug-likeness (QED) is 0.786. The summed E-state index contributed by atoms with van der Waals surface area (Å²) in [5.74, 6) is -0.291. The summed E-state index contributed by atoms with van der Waals surface area (Å²) in [6.07, 6.45) is 2.08. The second-order valence-electron chi connectivity index (χ2n) is 5.63. The van der Waals surface area contributed by atoms with Crippen LogP contribution in [-0.4, -0.2) is 30.5 Å². The number of pyridine rings is 1. The normalized spacial score (nSPS) is 17.1. The molecule has 1 saturated heterocycles. The first-order valence-corrected chi connectivity index (χ1v) is 6.69. The van der Waals surface area contributed by atoms with Gasteiger partial charge in [-0.05, 0) is 50.4 Å². The Morgan fingerprint density at radius 2 is 2.00 bits per heavy atom. The molecule has 0 atom stereocenters. The van der Waals surface area contributed by atoms with Gasteiger partial charge in [-0.25, -0.2) is 0 Å². The number of hydrogen-bond donors (Lipinski definition) is 3. The molecule has 1 aliphatic rings. The van der Waals surface area contributed by atoms with E-state index in [0.717, 1.165) is 31.6 Å². The van der Waals surface area contributed by atoms with Crippen LogP contribution in [0, 0.1) is 12.3 Å².